The van der Waals surface area contributed by atoms with E-state index in [1.807, 2.05) is 54.3 Å². The maximum atomic E-state index is 13.9. The van der Waals surface area contributed by atoms with Crippen molar-refractivity contribution in [1.29, 1.82) is 5.41 Å². The van der Waals surface area contributed by atoms with Crippen LogP contribution in [0.3, 0.4) is 0 Å². The van der Waals surface area contributed by atoms with Crippen molar-refractivity contribution in [3.63, 3.8) is 0 Å². The number of nitrogens with two attached hydrogens (primary N) is 2. The summed E-state index contributed by atoms with van der Waals surface area (Å²) in [6, 6.07) is 15.2. The van der Waals surface area contributed by atoms with Crippen LogP contribution < -0.4 is 22.1 Å². The summed E-state index contributed by atoms with van der Waals surface area (Å²) in [7, 11) is 0. The standard InChI is InChI=1S/C31H44N6O2/c1-21-6-5-9-25(18-21)27(19-22-10-12-26(32)13-11-22)29(38)36-28(24-7-3-2-4-8-24)30(39)35-20-23-14-16-37(17-15-23)31(33)34/h5-6,9-13,18,23-24,27-28H,2-4,7-8,14-17,19-20,32H2,1H3,(H3,33,34)(H,35,39)(H,36,38)/t27-,28-/m0/s1. The number of nitrogens with one attached hydrogen (secondary N) is 3. The molecule has 0 radical (unpaired) electrons. The van der Waals surface area contributed by atoms with Crippen molar-refractivity contribution in [3.05, 3.63) is 65.2 Å². The largest absolute Gasteiger partial charge is 0.399 e. The summed E-state index contributed by atoms with van der Waals surface area (Å²) >= 11 is 0. The normalized spacial score (nSPS) is 18.2. The lowest BCUT2D eigenvalue weighted by Crippen LogP contribution is -2.53. The van der Waals surface area contributed by atoms with E-state index in [-0.39, 0.29) is 23.7 Å². The maximum absolute atomic E-state index is 13.9. The average Bonchev–Trinajstić information content (AvgIpc) is 2.95. The highest BCUT2D eigenvalue weighted by molar-refractivity contribution is 5.91. The number of nitrogens with zero attached hydrogens (tertiary/aromatic N) is 1. The lowest BCUT2D eigenvalue weighted by atomic mass is 9.82. The number of carbonyl (C=O) groups is 2. The third-order valence-electron chi connectivity index (χ3n) is 8.40. The molecule has 4 rings (SSSR count). The van der Waals surface area contributed by atoms with E-state index in [4.69, 9.17) is 16.9 Å². The van der Waals surface area contributed by atoms with Crippen molar-refractivity contribution in [2.45, 2.75) is 70.3 Å². The number of piperidine rings is 1. The lowest BCUT2D eigenvalue weighted by Gasteiger charge is -2.34. The fourth-order valence-corrected chi connectivity index (χ4v) is 5.99. The molecule has 1 aliphatic heterocycles. The van der Waals surface area contributed by atoms with Crippen LogP contribution in [0.25, 0.3) is 0 Å². The molecule has 0 bridgehead atoms. The first-order valence-corrected chi connectivity index (χ1v) is 14.4. The zero-order valence-electron chi connectivity index (χ0n) is 23.1. The Morgan fingerprint density at radius 3 is 2.33 bits per heavy atom. The predicted octanol–water partition coefficient (Wildman–Crippen LogP) is 3.69. The van der Waals surface area contributed by atoms with Crippen LogP contribution in [0.5, 0.6) is 0 Å². The van der Waals surface area contributed by atoms with Crippen molar-refractivity contribution in [1.82, 2.24) is 15.5 Å². The number of benzene rings is 2. The van der Waals surface area contributed by atoms with Gasteiger partial charge in [-0.2, -0.15) is 0 Å². The van der Waals surface area contributed by atoms with Crippen LogP contribution in [-0.4, -0.2) is 48.3 Å². The van der Waals surface area contributed by atoms with Gasteiger partial charge >= 0.3 is 0 Å². The van der Waals surface area contributed by atoms with Crippen LogP contribution in [0.2, 0.25) is 0 Å². The number of hydrogen-bond acceptors (Lipinski definition) is 4. The summed E-state index contributed by atoms with van der Waals surface area (Å²) in [5.74, 6) is -0.0181. The number of hydrogen-bond donors (Lipinski definition) is 5. The number of likely N-dealkylation sites (tertiary alicyclic amines) is 1. The fraction of sp³-hybridized carbons (Fsp3) is 0.516. The molecular formula is C31H44N6O2. The molecule has 0 spiro atoms. The smallest absolute Gasteiger partial charge is 0.242 e. The highest BCUT2D eigenvalue weighted by Gasteiger charge is 2.34. The Bertz CT molecular complexity index is 1120. The van der Waals surface area contributed by atoms with Crippen LogP contribution >= 0.6 is 0 Å². The second-order valence-corrected chi connectivity index (χ2v) is 11.4. The van der Waals surface area contributed by atoms with E-state index in [2.05, 4.69) is 16.7 Å². The number of aryl methyl sites for hydroxylation is 1. The molecule has 2 amide bonds. The Kier molecular flexibility index (Phi) is 9.85. The molecule has 2 atom stereocenters. The molecule has 7 N–H and O–H groups in total. The third-order valence-corrected chi connectivity index (χ3v) is 8.40. The minimum absolute atomic E-state index is 0.0836. The molecule has 39 heavy (non-hydrogen) atoms. The zero-order valence-corrected chi connectivity index (χ0v) is 23.1. The number of rotatable bonds is 9. The second-order valence-electron chi connectivity index (χ2n) is 11.4. The first-order valence-electron chi connectivity index (χ1n) is 14.4. The molecule has 2 aromatic rings. The highest BCUT2D eigenvalue weighted by atomic mass is 16.2. The van der Waals surface area contributed by atoms with Gasteiger partial charge in [0.2, 0.25) is 11.8 Å². The number of amides is 2. The highest BCUT2D eigenvalue weighted by Crippen LogP contribution is 2.29. The zero-order chi connectivity index (χ0) is 27.8. The van der Waals surface area contributed by atoms with E-state index in [9.17, 15) is 9.59 Å². The molecule has 8 nitrogen and oxygen atoms in total. The van der Waals surface area contributed by atoms with E-state index in [0.717, 1.165) is 68.3 Å². The van der Waals surface area contributed by atoms with Crippen molar-refractivity contribution >= 4 is 23.5 Å². The Balaban J connectivity index is 1.48. The van der Waals surface area contributed by atoms with Gasteiger partial charge in [-0.3, -0.25) is 15.0 Å². The van der Waals surface area contributed by atoms with Crippen molar-refractivity contribution in [2.75, 3.05) is 25.4 Å². The van der Waals surface area contributed by atoms with Crippen LogP contribution in [0.4, 0.5) is 5.69 Å². The van der Waals surface area contributed by atoms with Crippen LogP contribution in [0.15, 0.2) is 48.5 Å². The first kappa shape index (κ1) is 28.5. The quantitative estimate of drug-likeness (QED) is 0.191. The number of anilines is 1. The minimum Gasteiger partial charge on any atom is -0.399 e. The minimum atomic E-state index is -0.547. The number of nitrogen functional groups attached to an aromatic ring is 1. The van der Waals surface area contributed by atoms with Crippen molar-refractivity contribution in [3.8, 4) is 0 Å². The number of carbonyl (C=O) groups excluding carboxylic acids is 2. The molecule has 1 saturated heterocycles. The SMILES string of the molecule is Cc1cccc([C@H](Cc2ccc(N)cc2)C(=O)N[C@H](C(=O)NCC2CCN(C(=N)N)CC2)C2CCCCC2)c1. The van der Waals surface area contributed by atoms with E-state index in [0.29, 0.717) is 24.6 Å². The summed E-state index contributed by atoms with van der Waals surface area (Å²) in [4.78, 5) is 29.4. The van der Waals surface area contributed by atoms with E-state index in [1.54, 1.807) is 0 Å². The topological polar surface area (TPSA) is 137 Å². The summed E-state index contributed by atoms with van der Waals surface area (Å²) in [5, 5.41) is 14.0. The summed E-state index contributed by atoms with van der Waals surface area (Å²) in [5.41, 5.74) is 15.3. The number of guanidine groups is 1. The van der Waals surface area contributed by atoms with Crippen LogP contribution in [-0.2, 0) is 16.0 Å². The van der Waals surface area contributed by atoms with E-state index < -0.39 is 12.0 Å². The lowest BCUT2D eigenvalue weighted by molar-refractivity contribution is -0.131. The fourth-order valence-electron chi connectivity index (χ4n) is 5.99. The molecular weight excluding hydrogens is 488 g/mol. The molecule has 2 aliphatic rings. The van der Waals surface area contributed by atoms with Gasteiger partial charge in [-0.1, -0.05) is 61.2 Å². The van der Waals surface area contributed by atoms with E-state index in [1.165, 1.54) is 6.42 Å². The van der Waals surface area contributed by atoms with Gasteiger partial charge in [0.15, 0.2) is 5.96 Å². The molecule has 210 valence electrons. The van der Waals surface area contributed by atoms with Crippen LogP contribution in [0.1, 0.15) is 67.6 Å². The van der Waals surface area contributed by atoms with Crippen molar-refractivity contribution in [2.24, 2.45) is 17.6 Å². The Labute approximate surface area is 232 Å². The molecule has 1 heterocycles. The Morgan fingerprint density at radius 1 is 1.00 bits per heavy atom. The summed E-state index contributed by atoms with van der Waals surface area (Å²) < 4.78 is 0. The molecule has 0 unspecified atom stereocenters. The Hall–Kier alpha value is -3.55. The molecule has 8 heteroatoms. The molecule has 2 aromatic carbocycles. The molecule has 0 aromatic heterocycles. The van der Waals surface area contributed by atoms with Crippen molar-refractivity contribution < 1.29 is 9.59 Å². The Morgan fingerprint density at radius 2 is 1.69 bits per heavy atom. The average molecular weight is 533 g/mol. The van der Waals surface area contributed by atoms with Gasteiger partial charge in [0, 0.05) is 25.3 Å². The van der Waals surface area contributed by atoms with Gasteiger partial charge in [-0.15, -0.1) is 0 Å². The molecule has 1 saturated carbocycles. The van der Waals surface area contributed by atoms with Gasteiger partial charge in [-0.25, -0.2) is 0 Å². The van der Waals surface area contributed by atoms with E-state index >= 15 is 0 Å². The van der Waals surface area contributed by atoms with Gasteiger partial charge < -0.3 is 27.0 Å². The predicted molar refractivity (Wildman–Crippen MR) is 156 cm³/mol. The summed E-state index contributed by atoms with van der Waals surface area (Å²) in [6.45, 7) is 4.08. The monoisotopic (exact) mass is 532 g/mol. The first-order chi connectivity index (χ1) is 18.8. The van der Waals surface area contributed by atoms with Gasteiger partial charge in [0.25, 0.3) is 0 Å². The van der Waals surface area contributed by atoms with Gasteiger partial charge in [0.05, 0.1) is 5.92 Å². The summed E-state index contributed by atoms with van der Waals surface area (Å²) in [6.07, 6.45) is 7.54. The maximum Gasteiger partial charge on any atom is 0.242 e. The molecule has 1 aliphatic carbocycles. The third kappa shape index (κ3) is 7.97. The van der Waals surface area contributed by atoms with Gasteiger partial charge in [0.1, 0.15) is 6.04 Å². The van der Waals surface area contributed by atoms with Gasteiger partial charge in [-0.05, 0) is 74.1 Å². The second kappa shape index (κ2) is 13.5. The van der Waals surface area contributed by atoms with Crippen LogP contribution in [0, 0.1) is 24.2 Å². The molecule has 2 fully saturated rings.